The second kappa shape index (κ2) is 5.69. The lowest BCUT2D eigenvalue weighted by molar-refractivity contribution is -0.132. The number of piperazine rings is 1. The maximum atomic E-state index is 12.3. The lowest BCUT2D eigenvalue weighted by Crippen LogP contribution is -2.46. The van der Waals surface area contributed by atoms with Crippen LogP contribution in [0.15, 0.2) is 23.3 Å². The number of aryl methyl sites for hydroxylation is 2. The molecule has 0 saturated carbocycles. The summed E-state index contributed by atoms with van der Waals surface area (Å²) in [6, 6.07) is 1.76. The zero-order valence-electron chi connectivity index (χ0n) is 12.1. The molecule has 1 aliphatic rings. The van der Waals surface area contributed by atoms with Crippen molar-refractivity contribution in [2.45, 2.75) is 19.9 Å². The van der Waals surface area contributed by atoms with Gasteiger partial charge in [0.15, 0.2) is 0 Å². The average Bonchev–Trinajstić information content (AvgIpc) is 2.89. The van der Waals surface area contributed by atoms with Gasteiger partial charge in [0.05, 0.1) is 5.69 Å². The van der Waals surface area contributed by atoms with Crippen LogP contribution in [0.3, 0.4) is 0 Å². The van der Waals surface area contributed by atoms with Gasteiger partial charge in [0.25, 0.3) is 5.56 Å². The van der Waals surface area contributed by atoms with E-state index < -0.39 is 0 Å². The summed E-state index contributed by atoms with van der Waals surface area (Å²) in [5, 5.41) is 7.42. The first-order valence-electron chi connectivity index (χ1n) is 7.19. The molecule has 2 aromatic rings. The zero-order valence-corrected chi connectivity index (χ0v) is 12.1. The highest BCUT2D eigenvalue weighted by Crippen LogP contribution is 2.02. The summed E-state index contributed by atoms with van der Waals surface area (Å²) in [6.45, 7) is 5.43. The van der Waals surface area contributed by atoms with Crippen molar-refractivity contribution in [1.82, 2.24) is 24.4 Å². The normalized spacial score (nSPS) is 15.6. The Kier molecular flexibility index (Phi) is 3.74. The number of aromatic nitrogens is 3. The molecule has 0 atom stereocenters. The molecule has 1 N–H and O–H groups in total. The Balaban J connectivity index is 1.71. The molecule has 0 radical (unpaired) electrons. The van der Waals surface area contributed by atoms with Crippen LogP contribution in [0.4, 0.5) is 0 Å². The predicted octanol–water partition coefficient (Wildman–Crippen LogP) is -0.374. The fourth-order valence-electron chi connectivity index (χ4n) is 2.61. The summed E-state index contributed by atoms with van der Waals surface area (Å²) < 4.78 is 3.16. The summed E-state index contributed by atoms with van der Waals surface area (Å²) in [4.78, 5) is 26.3. The van der Waals surface area contributed by atoms with Crippen LogP contribution in [-0.2, 0) is 11.3 Å². The van der Waals surface area contributed by atoms with Crippen molar-refractivity contribution < 1.29 is 4.79 Å². The number of nitrogens with zero attached hydrogens (tertiary/aromatic N) is 4. The summed E-state index contributed by atoms with van der Waals surface area (Å²) in [7, 11) is 0. The molecule has 7 nitrogen and oxygen atoms in total. The molecule has 7 heteroatoms. The number of hydrogen-bond donors (Lipinski definition) is 1. The van der Waals surface area contributed by atoms with Crippen LogP contribution >= 0.6 is 0 Å². The number of amides is 1. The van der Waals surface area contributed by atoms with E-state index in [1.807, 2.05) is 11.8 Å². The van der Waals surface area contributed by atoms with Gasteiger partial charge in [-0.3, -0.25) is 9.59 Å². The largest absolute Gasteiger partial charge is 0.340 e. The first-order valence-corrected chi connectivity index (χ1v) is 7.19. The standard InChI is InChI=1S/C14H19N5O2/c1-11-10-12-14(21)18(8-9-19(12)16-11)5-2-13(20)17-6-3-15-4-7-17/h8-10,15H,2-7H2,1H3. The lowest BCUT2D eigenvalue weighted by Gasteiger charge is -2.27. The van der Waals surface area contributed by atoms with Gasteiger partial charge in [0.1, 0.15) is 5.52 Å². The number of hydrogen-bond acceptors (Lipinski definition) is 4. The second-order valence-corrected chi connectivity index (χ2v) is 5.29. The van der Waals surface area contributed by atoms with Gasteiger partial charge in [-0.2, -0.15) is 5.10 Å². The Morgan fingerprint density at radius 3 is 2.86 bits per heavy atom. The van der Waals surface area contributed by atoms with E-state index in [0.717, 1.165) is 31.9 Å². The smallest absolute Gasteiger partial charge is 0.276 e. The van der Waals surface area contributed by atoms with Crippen molar-refractivity contribution in [3.8, 4) is 0 Å². The third kappa shape index (κ3) is 2.82. The molecule has 0 spiro atoms. The first kappa shape index (κ1) is 13.8. The molecule has 1 saturated heterocycles. The molecule has 21 heavy (non-hydrogen) atoms. The molecular weight excluding hydrogens is 270 g/mol. The average molecular weight is 289 g/mol. The minimum Gasteiger partial charge on any atom is -0.340 e. The molecule has 0 aromatic carbocycles. The molecule has 3 heterocycles. The third-order valence-corrected chi connectivity index (χ3v) is 3.76. The van der Waals surface area contributed by atoms with Gasteiger partial charge in [-0.25, -0.2) is 4.52 Å². The van der Waals surface area contributed by atoms with E-state index in [9.17, 15) is 9.59 Å². The van der Waals surface area contributed by atoms with Crippen LogP contribution in [0.1, 0.15) is 12.1 Å². The van der Waals surface area contributed by atoms with Crippen molar-refractivity contribution in [3.05, 3.63) is 34.5 Å². The van der Waals surface area contributed by atoms with E-state index >= 15 is 0 Å². The van der Waals surface area contributed by atoms with Crippen LogP contribution in [0.2, 0.25) is 0 Å². The van der Waals surface area contributed by atoms with E-state index in [2.05, 4.69) is 10.4 Å². The van der Waals surface area contributed by atoms with Crippen LogP contribution in [-0.4, -0.2) is 51.2 Å². The molecule has 0 unspecified atom stereocenters. The second-order valence-electron chi connectivity index (χ2n) is 5.29. The summed E-state index contributed by atoms with van der Waals surface area (Å²) in [5.41, 5.74) is 1.25. The quantitative estimate of drug-likeness (QED) is 0.836. The number of carbonyl (C=O) groups excluding carboxylic acids is 1. The van der Waals surface area contributed by atoms with Crippen molar-refractivity contribution >= 4 is 11.4 Å². The molecule has 1 fully saturated rings. The Bertz CT molecular complexity index is 712. The Morgan fingerprint density at radius 1 is 1.33 bits per heavy atom. The van der Waals surface area contributed by atoms with Gasteiger partial charge in [-0.15, -0.1) is 0 Å². The van der Waals surface area contributed by atoms with Gasteiger partial charge in [-0.1, -0.05) is 0 Å². The van der Waals surface area contributed by atoms with E-state index in [1.165, 1.54) is 0 Å². The van der Waals surface area contributed by atoms with E-state index in [0.29, 0.717) is 18.5 Å². The van der Waals surface area contributed by atoms with Gasteiger partial charge in [-0.05, 0) is 13.0 Å². The number of nitrogens with one attached hydrogen (secondary N) is 1. The fraction of sp³-hybridized carbons (Fsp3) is 0.500. The highest BCUT2D eigenvalue weighted by atomic mass is 16.2. The molecular formula is C14H19N5O2. The topological polar surface area (TPSA) is 71.6 Å². The minimum absolute atomic E-state index is 0.105. The van der Waals surface area contributed by atoms with Crippen molar-refractivity contribution in [3.63, 3.8) is 0 Å². The van der Waals surface area contributed by atoms with Gasteiger partial charge in [0.2, 0.25) is 5.91 Å². The molecule has 1 amide bonds. The first-order chi connectivity index (χ1) is 10.1. The highest BCUT2D eigenvalue weighted by molar-refractivity contribution is 5.76. The van der Waals surface area contributed by atoms with Crippen molar-refractivity contribution in [2.24, 2.45) is 0 Å². The maximum absolute atomic E-state index is 12.3. The fourth-order valence-corrected chi connectivity index (χ4v) is 2.61. The molecule has 1 aliphatic heterocycles. The summed E-state index contributed by atoms with van der Waals surface area (Å²) in [5.74, 6) is 0.105. The van der Waals surface area contributed by atoms with Crippen molar-refractivity contribution in [2.75, 3.05) is 26.2 Å². The Morgan fingerprint density at radius 2 is 2.10 bits per heavy atom. The zero-order chi connectivity index (χ0) is 14.8. The van der Waals surface area contributed by atoms with Crippen LogP contribution in [0.25, 0.3) is 5.52 Å². The lowest BCUT2D eigenvalue weighted by atomic mass is 10.3. The van der Waals surface area contributed by atoms with E-state index in [-0.39, 0.29) is 11.5 Å². The predicted molar refractivity (Wildman–Crippen MR) is 78.3 cm³/mol. The Hall–Kier alpha value is -2.15. The molecule has 3 rings (SSSR count). The SMILES string of the molecule is Cc1cc2c(=O)n(CCC(=O)N3CCNCC3)ccn2n1. The van der Waals surface area contributed by atoms with E-state index in [4.69, 9.17) is 0 Å². The van der Waals surface area contributed by atoms with Gasteiger partial charge < -0.3 is 14.8 Å². The highest BCUT2D eigenvalue weighted by Gasteiger charge is 2.16. The van der Waals surface area contributed by atoms with Crippen molar-refractivity contribution in [1.29, 1.82) is 0 Å². The monoisotopic (exact) mass is 289 g/mol. The van der Waals surface area contributed by atoms with E-state index in [1.54, 1.807) is 27.5 Å². The van der Waals surface area contributed by atoms with Crippen LogP contribution < -0.4 is 10.9 Å². The summed E-state index contributed by atoms with van der Waals surface area (Å²) in [6.07, 6.45) is 3.79. The molecule has 2 aromatic heterocycles. The van der Waals surface area contributed by atoms with Gasteiger partial charge >= 0.3 is 0 Å². The summed E-state index contributed by atoms with van der Waals surface area (Å²) >= 11 is 0. The molecule has 112 valence electrons. The third-order valence-electron chi connectivity index (χ3n) is 3.76. The molecule has 0 bridgehead atoms. The van der Waals surface area contributed by atoms with Gasteiger partial charge in [0, 0.05) is 51.5 Å². The minimum atomic E-state index is -0.105. The number of fused-ring (bicyclic) bond motifs is 1. The number of rotatable bonds is 3. The molecule has 0 aliphatic carbocycles. The number of carbonyl (C=O) groups is 1. The maximum Gasteiger partial charge on any atom is 0.276 e. The Labute approximate surface area is 122 Å². The van der Waals surface area contributed by atoms with Crippen LogP contribution in [0, 0.1) is 6.92 Å². The van der Waals surface area contributed by atoms with Crippen LogP contribution in [0.5, 0.6) is 0 Å².